The first-order valence-corrected chi connectivity index (χ1v) is 8.25. The lowest BCUT2D eigenvalue weighted by atomic mass is 9.73. The highest BCUT2D eigenvalue weighted by molar-refractivity contribution is 5.83. The molecule has 0 bridgehead atoms. The van der Waals surface area contributed by atoms with E-state index in [1.54, 1.807) is 0 Å². The van der Waals surface area contributed by atoms with Crippen molar-refractivity contribution in [1.82, 2.24) is 5.32 Å². The highest BCUT2D eigenvalue weighted by atomic mass is 16.5. The van der Waals surface area contributed by atoms with Crippen molar-refractivity contribution >= 4 is 5.97 Å². The quantitative estimate of drug-likeness (QED) is 0.865. The maximum atomic E-state index is 12.8. The second-order valence-electron chi connectivity index (χ2n) is 6.45. The van der Waals surface area contributed by atoms with Crippen LogP contribution in [0.15, 0.2) is 30.3 Å². The van der Waals surface area contributed by atoms with E-state index in [0.29, 0.717) is 12.5 Å². The van der Waals surface area contributed by atoms with Gasteiger partial charge in [0.05, 0.1) is 12.0 Å². The molecular formula is C18H25NO2. The Morgan fingerprint density at radius 1 is 1.14 bits per heavy atom. The highest BCUT2D eigenvalue weighted by Gasteiger charge is 2.42. The number of hydrogen-bond acceptors (Lipinski definition) is 3. The first kappa shape index (κ1) is 14.6. The Hall–Kier alpha value is -1.35. The second kappa shape index (κ2) is 6.61. The molecule has 2 fully saturated rings. The topological polar surface area (TPSA) is 38.3 Å². The molecule has 1 N–H and O–H groups in total. The number of carbonyl (C=O) groups is 1. The predicted molar refractivity (Wildman–Crippen MR) is 83.1 cm³/mol. The van der Waals surface area contributed by atoms with Gasteiger partial charge >= 0.3 is 5.97 Å². The summed E-state index contributed by atoms with van der Waals surface area (Å²) in [5, 5.41) is 3.35. The van der Waals surface area contributed by atoms with E-state index in [-0.39, 0.29) is 5.97 Å². The third-order valence-corrected chi connectivity index (χ3v) is 5.10. The minimum atomic E-state index is -0.439. The van der Waals surface area contributed by atoms with Gasteiger partial charge in [-0.25, -0.2) is 0 Å². The maximum Gasteiger partial charge on any atom is 0.316 e. The monoisotopic (exact) mass is 287 g/mol. The second-order valence-corrected chi connectivity index (χ2v) is 6.45. The fourth-order valence-corrected chi connectivity index (χ4v) is 3.73. The van der Waals surface area contributed by atoms with Crippen molar-refractivity contribution in [3.05, 3.63) is 35.9 Å². The van der Waals surface area contributed by atoms with E-state index in [9.17, 15) is 4.79 Å². The summed E-state index contributed by atoms with van der Waals surface area (Å²) in [7, 11) is 0. The molecular weight excluding hydrogens is 262 g/mol. The van der Waals surface area contributed by atoms with E-state index < -0.39 is 5.41 Å². The van der Waals surface area contributed by atoms with E-state index in [2.05, 4.69) is 17.4 Å². The molecule has 1 aliphatic carbocycles. The zero-order chi connectivity index (χ0) is 14.5. The van der Waals surface area contributed by atoms with Crippen LogP contribution in [-0.2, 0) is 14.9 Å². The minimum Gasteiger partial charge on any atom is -0.465 e. The van der Waals surface area contributed by atoms with E-state index in [1.807, 2.05) is 18.2 Å². The lowest BCUT2D eigenvalue weighted by Gasteiger charge is -2.36. The summed E-state index contributed by atoms with van der Waals surface area (Å²) in [6.45, 7) is 2.38. The molecule has 3 heteroatoms. The van der Waals surface area contributed by atoms with Gasteiger partial charge in [-0.05, 0) is 50.3 Å². The molecule has 1 heterocycles. The third-order valence-electron chi connectivity index (χ3n) is 5.10. The van der Waals surface area contributed by atoms with E-state index in [4.69, 9.17) is 4.74 Å². The Labute approximate surface area is 127 Å². The molecule has 1 aliphatic heterocycles. The highest BCUT2D eigenvalue weighted by Crippen LogP contribution is 2.35. The van der Waals surface area contributed by atoms with Crippen LogP contribution in [0.25, 0.3) is 0 Å². The Morgan fingerprint density at radius 2 is 1.81 bits per heavy atom. The first-order valence-electron chi connectivity index (χ1n) is 8.25. The van der Waals surface area contributed by atoms with Crippen LogP contribution in [0, 0.1) is 5.92 Å². The average molecular weight is 287 g/mol. The molecule has 0 spiro atoms. The van der Waals surface area contributed by atoms with Crippen LogP contribution in [-0.4, -0.2) is 25.7 Å². The van der Waals surface area contributed by atoms with Crippen LogP contribution >= 0.6 is 0 Å². The van der Waals surface area contributed by atoms with Gasteiger partial charge in [-0.1, -0.05) is 43.2 Å². The number of hydrogen-bond donors (Lipinski definition) is 1. The summed E-state index contributed by atoms with van der Waals surface area (Å²) in [5.74, 6) is 0.575. The molecule has 21 heavy (non-hydrogen) atoms. The molecule has 114 valence electrons. The summed E-state index contributed by atoms with van der Waals surface area (Å²) in [6.07, 6.45) is 6.67. The minimum absolute atomic E-state index is 0.0119. The van der Waals surface area contributed by atoms with Crippen molar-refractivity contribution in [2.75, 3.05) is 19.7 Å². The van der Waals surface area contributed by atoms with Crippen LogP contribution in [0.5, 0.6) is 0 Å². The van der Waals surface area contributed by atoms with E-state index >= 15 is 0 Å². The Morgan fingerprint density at radius 3 is 2.48 bits per heavy atom. The number of esters is 1. The van der Waals surface area contributed by atoms with Crippen molar-refractivity contribution in [1.29, 1.82) is 0 Å². The van der Waals surface area contributed by atoms with Crippen molar-refractivity contribution in [2.24, 2.45) is 5.92 Å². The molecule has 1 aromatic rings. The molecule has 1 saturated carbocycles. The van der Waals surface area contributed by atoms with Gasteiger partial charge in [-0.2, -0.15) is 0 Å². The maximum absolute atomic E-state index is 12.8. The van der Waals surface area contributed by atoms with Crippen LogP contribution in [0.4, 0.5) is 0 Å². The fraction of sp³-hybridized carbons (Fsp3) is 0.611. The van der Waals surface area contributed by atoms with E-state index in [1.165, 1.54) is 25.7 Å². The number of nitrogens with one attached hydrogen (secondary N) is 1. The van der Waals surface area contributed by atoms with Gasteiger partial charge in [0.25, 0.3) is 0 Å². The number of rotatable bonds is 4. The number of ether oxygens (including phenoxy) is 1. The van der Waals surface area contributed by atoms with Gasteiger partial charge in [0.2, 0.25) is 0 Å². The van der Waals surface area contributed by atoms with Gasteiger partial charge in [-0.3, -0.25) is 4.79 Å². The SMILES string of the molecule is O=C(OCC1CCCC1)C1(c2ccccc2)CCNCC1. The summed E-state index contributed by atoms with van der Waals surface area (Å²) >= 11 is 0. The molecule has 0 radical (unpaired) electrons. The first-order chi connectivity index (χ1) is 10.3. The van der Waals surface area contributed by atoms with Crippen LogP contribution in [0.2, 0.25) is 0 Å². The number of benzene rings is 1. The van der Waals surface area contributed by atoms with Gasteiger partial charge < -0.3 is 10.1 Å². The fourth-order valence-electron chi connectivity index (χ4n) is 3.73. The summed E-state index contributed by atoms with van der Waals surface area (Å²) in [6, 6.07) is 10.2. The van der Waals surface area contributed by atoms with E-state index in [0.717, 1.165) is 31.5 Å². The molecule has 0 atom stereocenters. The predicted octanol–water partition coefficient (Wildman–Crippen LogP) is 3.04. The van der Waals surface area contributed by atoms with Crippen LogP contribution in [0.3, 0.4) is 0 Å². The van der Waals surface area contributed by atoms with Crippen molar-refractivity contribution in [3.8, 4) is 0 Å². The summed E-state index contributed by atoms with van der Waals surface area (Å²) < 4.78 is 5.76. The number of piperidine rings is 1. The third kappa shape index (κ3) is 3.13. The summed E-state index contributed by atoms with van der Waals surface area (Å²) in [5.41, 5.74) is 0.674. The van der Waals surface area contributed by atoms with Gasteiger partial charge in [-0.15, -0.1) is 0 Å². The summed E-state index contributed by atoms with van der Waals surface area (Å²) in [4.78, 5) is 12.8. The molecule has 0 amide bonds. The number of carbonyl (C=O) groups excluding carboxylic acids is 1. The largest absolute Gasteiger partial charge is 0.465 e. The molecule has 0 aromatic heterocycles. The Balaban J connectivity index is 1.73. The van der Waals surface area contributed by atoms with Gasteiger partial charge in [0, 0.05) is 0 Å². The standard InChI is InChI=1S/C18H25NO2/c20-17(21-14-15-6-4-5-7-15)18(10-12-19-13-11-18)16-8-2-1-3-9-16/h1-3,8-9,15,19H,4-7,10-14H2. The molecule has 0 unspecified atom stereocenters. The zero-order valence-electron chi connectivity index (χ0n) is 12.6. The smallest absolute Gasteiger partial charge is 0.316 e. The normalized spacial score (nSPS) is 22.1. The van der Waals surface area contributed by atoms with Crippen LogP contribution in [0.1, 0.15) is 44.1 Å². The zero-order valence-corrected chi connectivity index (χ0v) is 12.6. The van der Waals surface area contributed by atoms with Gasteiger partial charge in [0.15, 0.2) is 0 Å². The molecule has 1 aromatic carbocycles. The van der Waals surface area contributed by atoms with Crippen LogP contribution < -0.4 is 5.32 Å². The van der Waals surface area contributed by atoms with Crippen molar-refractivity contribution < 1.29 is 9.53 Å². The van der Waals surface area contributed by atoms with Crippen molar-refractivity contribution in [2.45, 2.75) is 43.9 Å². The molecule has 2 aliphatic rings. The lowest BCUT2D eigenvalue weighted by Crippen LogP contribution is -2.46. The molecule has 3 nitrogen and oxygen atoms in total. The Kier molecular flexibility index (Phi) is 4.59. The molecule has 1 saturated heterocycles. The Bertz CT molecular complexity index is 459. The van der Waals surface area contributed by atoms with Crippen molar-refractivity contribution in [3.63, 3.8) is 0 Å². The van der Waals surface area contributed by atoms with Gasteiger partial charge in [0.1, 0.15) is 0 Å². The average Bonchev–Trinajstić information content (AvgIpc) is 3.07. The molecule has 3 rings (SSSR count). The lowest BCUT2D eigenvalue weighted by molar-refractivity contribution is -0.153.